The molecule has 3 rings (SSSR count). The van der Waals surface area contributed by atoms with Gasteiger partial charge in [0.1, 0.15) is 6.54 Å². The van der Waals surface area contributed by atoms with Crippen LogP contribution >= 0.6 is 22.6 Å². The smallest absolute Gasteiger partial charge is 0.292 e. The van der Waals surface area contributed by atoms with E-state index < -0.39 is 0 Å². The number of anilines is 1. The molecule has 6 heteroatoms. The van der Waals surface area contributed by atoms with Crippen molar-refractivity contribution in [1.82, 2.24) is 0 Å². The molecule has 0 saturated carbocycles. The lowest BCUT2D eigenvalue weighted by molar-refractivity contribution is -0.690. The Balaban J connectivity index is 1.70. The number of halogens is 1. The lowest BCUT2D eigenvalue weighted by Gasteiger charge is -2.14. The molecule has 1 atom stereocenters. The number of pyridine rings is 1. The number of H-pyrrole nitrogens is 1. The fourth-order valence-corrected chi connectivity index (χ4v) is 2.90. The average Bonchev–Trinajstić information content (AvgIpc) is 2.82. The zero-order valence-corrected chi connectivity index (χ0v) is 14.0. The summed E-state index contributed by atoms with van der Waals surface area (Å²) in [6.45, 7) is 0.679. The predicted molar refractivity (Wildman–Crippen MR) is 88.7 cm³/mol. The highest BCUT2D eigenvalue weighted by molar-refractivity contribution is 14.1. The zero-order chi connectivity index (χ0) is 15.5. The fraction of sp³-hybridized carbons (Fsp3) is 0.188. The highest BCUT2D eigenvalue weighted by atomic mass is 127. The molecule has 22 heavy (non-hydrogen) atoms. The summed E-state index contributed by atoms with van der Waals surface area (Å²) in [5.41, 5.74) is 1.77. The molecule has 3 N–H and O–H groups in total. The van der Waals surface area contributed by atoms with Gasteiger partial charge in [-0.3, -0.25) is 9.59 Å². The largest absolute Gasteiger partial charge is 0.332 e. The van der Waals surface area contributed by atoms with Crippen LogP contribution in [-0.4, -0.2) is 17.9 Å². The molecule has 1 aliphatic heterocycles. The van der Waals surface area contributed by atoms with Gasteiger partial charge in [0, 0.05) is 21.3 Å². The second kappa shape index (κ2) is 6.53. The van der Waals surface area contributed by atoms with Gasteiger partial charge in [-0.2, -0.15) is 0 Å². The van der Waals surface area contributed by atoms with Crippen LogP contribution in [0.5, 0.6) is 0 Å². The molecule has 1 aromatic heterocycles. The van der Waals surface area contributed by atoms with E-state index in [4.69, 9.17) is 0 Å². The SMILES string of the molecule is O=C1CC([NH2+]Cc2cc[nH+]cc2)C(=O)N1c1ccc(I)cc1. The quantitative estimate of drug-likeness (QED) is 0.591. The molecule has 1 fully saturated rings. The molecule has 2 aromatic rings. The van der Waals surface area contributed by atoms with Gasteiger partial charge in [-0.25, -0.2) is 9.88 Å². The molecule has 0 aliphatic carbocycles. The Morgan fingerprint density at radius 2 is 1.82 bits per heavy atom. The molecule has 112 valence electrons. The number of hydrogen-bond donors (Lipinski definition) is 1. The molecule has 1 unspecified atom stereocenters. The summed E-state index contributed by atoms with van der Waals surface area (Å²) in [5, 5.41) is 1.93. The standard InChI is InChI=1S/C16H14IN3O2/c17-12-1-3-13(4-2-12)20-15(21)9-14(16(20)22)19-10-11-5-7-18-8-6-11/h1-8,14,19H,9-10H2/p+2. The number of nitrogens with zero attached hydrogens (tertiary/aromatic N) is 1. The number of carbonyl (C=O) groups is 2. The van der Waals surface area contributed by atoms with Crippen LogP contribution in [0.4, 0.5) is 5.69 Å². The normalized spacial score (nSPS) is 18.0. The third-order valence-electron chi connectivity index (χ3n) is 3.69. The van der Waals surface area contributed by atoms with Gasteiger partial charge in [0.25, 0.3) is 5.91 Å². The Kier molecular flexibility index (Phi) is 4.49. The van der Waals surface area contributed by atoms with E-state index in [2.05, 4.69) is 27.6 Å². The van der Waals surface area contributed by atoms with Crippen LogP contribution in [0, 0.1) is 3.57 Å². The molecule has 5 nitrogen and oxygen atoms in total. The third kappa shape index (κ3) is 3.17. The van der Waals surface area contributed by atoms with Crippen LogP contribution in [0.2, 0.25) is 0 Å². The number of rotatable bonds is 4. The lowest BCUT2D eigenvalue weighted by atomic mass is 10.2. The van der Waals surface area contributed by atoms with E-state index in [0.717, 1.165) is 9.13 Å². The van der Waals surface area contributed by atoms with Gasteiger partial charge in [0.2, 0.25) is 5.91 Å². The summed E-state index contributed by atoms with van der Waals surface area (Å²) < 4.78 is 1.07. The van der Waals surface area contributed by atoms with Crippen LogP contribution in [0.3, 0.4) is 0 Å². The maximum Gasteiger partial charge on any atom is 0.292 e. The monoisotopic (exact) mass is 409 g/mol. The van der Waals surface area contributed by atoms with Crippen LogP contribution in [0.25, 0.3) is 0 Å². The van der Waals surface area contributed by atoms with E-state index in [1.54, 1.807) is 0 Å². The summed E-state index contributed by atoms with van der Waals surface area (Å²) in [4.78, 5) is 28.9. The number of imide groups is 1. The average molecular weight is 409 g/mol. The summed E-state index contributed by atoms with van der Waals surface area (Å²) >= 11 is 2.20. The van der Waals surface area contributed by atoms with Crippen molar-refractivity contribution < 1.29 is 19.9 Å². The molecule has 1 aliphatic rings. The topological polar surface area (TPSA) is 68.1 Å². The Morgan fingerprint density at radius 1 is 1.14 bits per heavy atom. The van der Waals surface area contributed by atoms with Gasteiger partial charge in [-0.05, 0) is 46.9 Å². The van der Waals surface area contributed by atoms with Crippen LogP contribution < -0.4 is 15.2 Å². The number of amides is 2. The summed E-state index contributed by atoms with van der Waals surface area (Å²) in [6, 6.07) is 11.0. The second-order valence-electron chi connectivity index (χ2n) is 5.20. The van der Waals surface area contributed by atoms with Crippen molar-refractivity contribution in [3.8, 4) is 0 Å². The van der Waals surface area contributed by atoms with Crippen molar-refractivity contribution >= 4 is 40.1 Å². The van der Waals surface area contributed by atoms with Crippen molar-refractivity contribution in [3.05, 3.63) is 57.9 Å². The van der Waals surface area contributed by atoms with Crippen LogP contribution in [-0.2, 0) is 16.1 Å². The number of nitrogens with one attached hydrogen (secondary N) is 1. The van der Waals surface area contributed by atoms with Gasteiger partial charge in [0.15, 0.2) is 18.4 Å². The van der Waals surface area contributed by atoms with Crippen LogP contribution in [0.1, 0.15) is 12.0 Å². The predicted octanol–water partition coefficient (Wildman–Crippen LogP) is 0.501. The minimum absolute atomic E-state index is 0.131. The van der Waals surface area contributed by atoms with Crippen molar-refractivity contribution in [2.24, 2.45) is 0 Å². The van der Waals surface area contributed by atoms with Crippen molar-refractivity contribution in [1.29, 1.82) is 0 Å². The number of hydrogen-bond acceptors (Lipinski definition) is 2. The zero-order valence-electron chi connectivity index (χ0n) is 11.8. The molecule has 1 aromatic carbocycles. The lowest BCUT2D eigenvalue weighted by Crippen LogP contribution is -2.90. The summed E-state index contributed by atoms with van der Waals surface area (Å²) in [6.07, 6.45) is 3.95. The number of aromatic nitrogens is 1. The second-order valence-corrected chi connectivity index (χ2v) is 6.45. The van der Waals surface area contributed by atoms with Gasteiger partial charge in [-0.15, -0.1) is 0 Å². The highest BCUT2D eigenvalue weighted by Crippen LogP contribution is 2.22. The molecular formula is C16H16IN3O2+2. The maximum absolute atomic E-state index is 12.5. The maximum atomic E-state index is 12.5. The number of nitrogens with two attached hydrogens (primary N) is 1. The first-order valence-electron chi connectivity index (χ1n) is 7.06. The van der Waals surface area contributed by atoms with Gasteiger partial charge >= 0.3 is 0 Å². The van der Waals surface area contributed by atoms with E-state index in [0.29, 0.717) is 12.2 Å². The first-order valence-corrected chi connectivity index (χ1v) is 8.14. The van der Waals surface area contributed by atoms with E-state index >= 15 is 0 Å². The first kappa shape index (κ1) is 15.1. The number of carbonyl (C=O) groups excluding carboxylic acids is 2. The first-order chi connectivity index (χ1) is 10.6. The number of aromatic amines is 1. The van der Waals surface area contributed by atoms with E-state index in [1.165, 1.54) is 4.90 Å². The Bertz CT molecular complexity index is 688. The molecule has 2 amide bonds. The van der Waals surface area contributed by atoms with Crippen molar-refractivity contribution in [3.63, 3.8) is 0 Å². The van der Waals surface area contributed by atoms with E-state index in [9.17, 15) is 9.59 Å². The molecule has 2 heterocycles. The Morgan fingerprint density at radius 3 is 2.50 bits per heavy atom. The molecule has 0 radical (unpaired) electrons. The van der Waals surface area contributed by atoms with E-state index in [1.807, 2.05) is 54.1 Å². The van der Waals surface area contributed by atoms with Gasteiger partial charge in [-0.1, -0.05) is 0 Å². The minimum atomic E-state index is -0.337. The summed E-state index contributed by atoms with van der Waals surface area (Å²) in [5.74, 6) is -0.262. The van der Waals surface area contributed by atoms with Crippen LogP contribution in [0.15, 0.2) is 48.8 Å². The number of quaternary nitrogens is 1. The molecule has 0 spiro atoms. The van der Waals surface area contributed by atoms with Gasteiger partial charge in [0.05, 0.1) is 12.1 Å². The molecule has 1 saturated heterocycles. The Labute approximate surface area is 141 Å². The minimum Gasteiger partial charge on any atom is -0.332 e. The molecular weight excluding hydrogens is 393 g/mol. The summed E-state index contributed by atoms with van der Waals surface area (Å²) in [7, 11) is 0. The number of benzene rings is 1. The fourth-order valence-electron chi connectivity index (χ4n) is 2.54. The Hall–Kier alpha value is -1.80. The van der Waals surface area contributed by atoms with Gasteiger partial charge < -0.3 is 5.32 Å². The van der Waals surface area contributed by atoms with E-state index in [-0.39, 0.29) is 24.3 Å². The molecule has 0 bridgehead atoms. The van der Waals surface area contributed by atoms with Crippen molar-refractivity contribution in [2.45, 2.75) is 19.0 Å². The van der Waals surface area contributed by atoms with Crippen molar-refractivity contribution in [2.75, 3.05) is 4.90 Å². The third-order valence-corrected chi connectivity index (χ3v) is 4.41. The highest BCUT2D eigenvalue weighted by Gasteiger charge is 2.42.